The summed E-state index contributed by atoms with van der Waals surface area (Å²) in [5.74, 6) is 0.416. The number of hydrogen-bond donors (Lipinski definition) is 1. The maximum Gasteiger partial charge on any atom is 0.238 e. The number of phenolic OH excluding ortho intramolecular Hbond substituents is 1. The molecule has 1 N–H and O–H groups in total. The molecule has 1 saturated heterocycles. The van der Waals surface area contributed by atoms with Gasteiger partial charge in [-0.25, -0.2) is 0 Å². The predicted molar refractivity (Wildman–Crippen MR) is 87.0 cm³/mol. The van der Waals surface area contributed by atoms with Crippen LogP contribution in [0.25, 0.3) is 0 Å². The number of phenols is 1. The molecule has 1 amide bonds. The summed E-state index contributed by atoms with van der Waals surface area (Å²) in [7, 11) is 0. The van der Waals surface area contributed by atoms with E-state index in [1.54, 1.807) is 28.8 Å². The van der Waals surface area contributed by atoms with Gasteiger partial charge in [0.1, 0.15) is 11.1 Å². The van der Waals surface area contributed by atoms with Crippen LogP contribution in [0.5, 0.6) is 5.75 Å². The zero-order chi connectivity index (χ0) is 15.0. The van der Waals surface area contributed by atoms with Gasteiger partial charge in [-0.1, -0.05) is 41.4 Å². The van der Waals surface area contributed by atoms with Crippen molar-refractivity contribution in [2.24, 2.45) is 0 Å². The molecule has 3 rings (SSSR count). The zero-order valence-corrected chi connectivity index (χ0v) is 13.0. The highest BCUT2D eigenvalue weighted by Gasteiger charge is 2.35. The lowest BCUT2D eigenvalue weighted by atomic mass is 10.1. The topological polar surface area (TPSA) is 40.5 Å². The van der Waals surface area contributed by atoms with Gasteiger partial charge in [0.25, 0.3) is 0 Å². The van der Waals surface area contributed by atoms with Crippen molar-refractivity contribution in [3.63, 3.8) is 0 Å². The standard InChI is InChI=1S/C16H14ClNO2S/c1-10-2-4-11(5-3-10)16-18(15(20)9-21-16)13-7-6-12(17)8-14(13)19/h2-8,16,19H,9H2,1H3. The van der Waals surface area contributed by atoms with Crippen molar-refractivity contribution in [3.8, 4) is 5.75 Å². The molecule has 1 atom stereocenters. The van der Waals surface area contributed by atoms with E-state index in [4.69, 9.17) is 11.6 Å². The second-order valence-electron chi connectivity index (χ2n) is 4.97. The number of carbonyl (C=O) groups is 1. The van der Waals surface area contributed by atoms with Crippen LogP contribution >= 0.6 is 23.4 Å². The minimum atomic E-state index is -0.120. The minimum absolute atomic E-state index is 0.0109. The molecule has 0 spiro atoms. The highest BCUT2D eigenvalue weighted by atomic mass is 35.5. The molecule has 108 valence electrons. The van der Waals surface area contributed by atoms with Crippen molar-refractivity contribution in [2.75, 3.05) is 10.7 Å². The minimum Gasteiger partial charge on any atom is -0.506 e. The van der Waals surface area contributed by atoms with Crippen molar-refractivity contribution >= 4 is 35.0 Å². The summed E-state index contributed by atoms with van der Waals surface area (Å²) < 4.78 is 0. The molecule has 2 aromatic rings. The van der Waals surface area contributed by atoms with E-state index >= 15 is 0 Å². The molecule has 1 fully saturated rings. The Kier molecular flexibility index (Phi) is 3.83. The van der Waals surface area contributed by atoms with Gasteiger partial charge in [-0.2, -0.15) is 0 Å². The molecule has 3 nitrogen and oxygen atoms in total. The fourth-order valence-electron chi connectivity index (χ4n) is 2.36. The third-order valence-electron chi connectivity index (χ3n) is 3.43. The average Bonchev–Trinajstić information content (AvgIpc) is 2.82. The van der Waals surface area contributed by atoms with Crippen LogP contribution in [0.4, 0.5) is 5.69 Å². The summed E-state index contributed by atoms with van der Waals surface area (Å²) in [5.41, 5.74) is 2.72. The number of rotatable bonds is 2. The number of nitrogens with zero attached hydrogens (tertiary/aromatic N) is 1. The number of anilines is 1. The van der Waals surface area contributed by atoms with E-state index < -0.39 is 0 Å². The fourth-order valence-corrected chi connectivity index (χ4v) is 3.70. The molecule has 2 aromatic carbocycles. The molecule has 0 aromatic heterocycles. The summed E-state index contributed by atoms with van der Waals surface area (Å²) in [6.07, 6.45) is 0. The highest BCUT2D eigenvalue weighted by molar-refractivity contribution is 8.00. The molecule has 0 bridgehead atoms. The molecule has 1 heterocycles. The van der Waals surface area contributed by atoms with Crippen molar-refractivity contribution in [1.29, 1.82) is 0 Å². The molecule has 1 unspecified atom stereocenters. The van der Waals surface area contributed by atoms with Gasteiger partial charge in [0, 0.05) is 11.1 Å². The summed E-state index contributed by atoms with van der Waals surface area (Å²) in [6, 6.07) is 12.9. The maximum atomic E-state index is 12.2. The molecule has 1 aliphatic heterocycles. The van der Waals surface area contributed by atoms with Gasteiger partial charge in [-0.05, 0) is 24.6 Å². The largest absolute Gasteiger partial charge is 0.506 e. The second kappa shape index (κ2) is 5.62. The summed E-state index contributed by atoms with van der Waals surface area (Å²) >= 11 is 7.42. The van der Waals surface area contributed by atoms with Crippen LogP contribution in [0.2, 0.25) is 5.02 Å². The van der Waals surface area contributed by atoms with Crippen LogP contribution < -0.4 is 4.90 Å². The number of aromatic hydroxyl groups is 1. The Labute approximate surface area is 132 Å². The fraction of sp³-hybridized carbons (Fsp3) is 0.188. The molecular weight excluding hydrogens is 306 g/mol. The molecular formula is C16H14ClNO2S. The normalized spacial score (nSPS) is 18.3. The van der Waals surface area contributed by atoms with Crippen LogP contribution in [-0.2, 0) is 4.79 Å². The van der Waals surface area contributed by atoms with Gasteiger partial charge < -0.3 is 5.11 Å². The Morgan fingerprint density at radius 1 is 1.24 bits per heavy atom. The number of amides is 1. The third kappa shape index (κ3) is 2.74. The van der Waals surface area contributed by atoms with Crippen molar-refractivity contribution in [2.45, 2.75) is 12.3 Å². The van der Waals surface area contributed by atoms with Crippen molar-refractivity contribution < 1.29 is 9.90 Å². The Balaban J connectivity index is 2.01. The van der Waals surface area contributed by atoms with E-state index in [0.29, 0.717) is 16.5 Å². The van der Waals surface area contributed by atoms with E-state index in [9.17, 15) is 9.90 Å². The molecule has 21 heavy (non-hydrogen) atoms. The lowest BCUT2D eigenvalue weighted by Gasteiger charge is -2.25. The number of carbonyl (C=O) groups excluding carboxylic acids is 1. The first-order valence-electron chi connectivity index (χ1n) is 6.55. The summed E-state index contributed by atoms with van der Waals surface area (Å²) in [5, 5.41) is 10.4. The lowest BCUT2D eigenvalue weighted by molar-refractivity contribution is -0.115. The predicted octanol–water partition coefficient (Wildman–Crippen LogP) is 4.13. The molecule has 0 radical (unpaired) electrons. The van der Waals surface area contributed by atoms with Crippen molar-refractivity contribution in [3.05, 3.63) is 58.6 Å². The molecule has 1 aliphatic rings. The second-order valence-corrected chi connectivity index (χ2v) is 6.48. The summed E-state index contributed by atoms with van der Waals surface area (Å²) in [4.78, 5) is 13.9. The monoisotopic (exact) mass is 319 g/mol. The molecule has 0 saturated carbocycles. The Bertz CT molecular complexity index is 687. The average molecular weight is 320 g/mol. The SMILES string of the molecule is Cc1ccc(C2SCC(=O)N2c2ccc(Cl)cc2O)cc1. The Morgan fingerprint density at radius 2 is 1.95 bits per heavy atom. The number of hydrogen-bond acceptors (Lipinski definition) is 3. The van der Waals surface area contributed by atoms with Gasteiger partial charge in [0.15, 0.2) is 0 Å². The first-order chi connectivity index (χ1) is 10.1. The quantitative estimate of drug-likeness (QED) is 0.904. The lowest BCUT2D eigenvalue weighted by Crippen LogP contribution is -2.27. The van der Waals surface area contributed by atoms with Gasteiger partial charge >= 0.3 is 0 Å². The van der Waals surface area contributed by atoms with Gasteiger partial charge in [0.2, 0.25) is 5.91 Å². The van der Waals surface area contributed by atoms with Crippen LogP contribution in [0, 0.1) is 6.92 Å². The maximum absolute atomic E-state index is 12.2. The van der Waals surface area contributed by atoms with Crippen LogP contribution in [0.15, 0.2) is 42.5 Å². The van der Waals surface area contributed by atoms with E-state index in [1.165, 1.54) is 11.6 Å². The first-order valence-corrected chi connectivity index (χ1v) is 7.97. The van der Waals surface area contributed by atoms with Gasteiger partial charge in [-0.3, -0.25) is 9.69 Å². The van der Waals surface area contributed by atoms with Gasteiger partial charge in [0.05, 0.1) is 11.4 Å². The van der Waals surface area contributed by atoms with Crippen LogP contribution in [-0.4, -0.2) is 16.8 Å². The highest BCUT2D eigenvalue weighted by Crippen LogP contribution is 2.44. The van der Waals surface area contributed by atoms with Gasteiger partial charge in [-0.15, -0.1) is 11.8 Å². The van der Waals surface area contributed by atoms with Crippen LogP contribution in [0.1, 0.15) is 16.5 Å². The van der Waals surface area contributed by atoms with E-state index in [2.05, 4.69) is 0 Å². The smallest absolute Gasteiger partial charge is 0.238 e. The number of thioether (sulfide) groups is 1. The van der Waals surface area contributed by atoms with E-state index in [0.717, 1.165) is 5.56 Å². The number of halogens is 1. The number of benzene rings is 2. The molecule has 5 heteroatoms. The first kappa shape index (κ1) is 14.3. The van der Waals surface area contributed by atoms with E-state index in [1.807, 2.05) is 31.2 Å². The number of aryl methyl sites for hydroxylation is 1. The third-order valence-corrected chi connectivity index (χ3v) is 4.87. The van der Waals surface area contributed by atoms with E-state index in [-0.39, 0.29) is 17.0 Å². The summed E-state index contributed by atoms with van der Waals surface area (Å²) in [6.45, 7) is 2.03. The Morgan fingerprint density at radius 3 is 2.62 bits per heavy atom. The van der Waals surface area contributed by atoms with Crippen molar-refractivity contribution in [1.82, 2.24) is 0 Å². The Hall–Kier alpha value is -1.65. The van der Waals surface area contributed by atoms with Crippen LogP contribution in [0.3, 0.4) is 0 Å². The zero-order valence-electron chi connectivity index (χ0n) is 11.4. The molecule has 0 aliphatic carbocycles.